The van der Waals surface area contributed by atoms with Gasteiger partial charge in [0.05, 0.1) is 23.7 Å². The molecule has 0 aliphatic carbocycles. The molecule has 0 N–H and O–H groups in total. The monoisotopic (exact) mass is 325 g/mol. The fraction of sp³-hybridized carbons (Fsp3) is 0.333. The van der Waals surface area contributed by atoms with E-state index in [4.69, 9.17) is 21.1 Å². The van der Waals surface area contributed by atoms with Crippen LogP contribution in [0.4, 0.5) is 0 Å². The average Bonchev–Trinajstić information content (AvgIpc) is 2.87. The normalized spacial score (nSPS) is 12.1. The summed E-state index contributed by atoms with van der Waals surface area (Å²) in [5.41, 5.74) is 1.56. The summed E-state index contributed by atoms with van der Waals surface area (Å²) >= 11 is 7.60. The summed E-state index contributed by atoms with van der Waals surface area (Å²) in [6.07, 6.45) is -0.112. The van der Waals surface area contributed by atoms with Crippen molar-refractivity contribution in [1.29, 1.82) is 0 Å². The Morgan fingerprint density at radius 3 is 2.90 bits per heavy atom. The maximum Gasteiger partial charge on any atom is 0.312 e. The van der Waals surface area contributed by atoms with Crippen molar-refractivity contribution in [3.8, 4) is 10.6 Å². The van der Waals surface area contributed by atoms with Crippen molar-refractivity contribution in [2.45, 2.75) is 19.4 Å². The van der Waals surface area contributed by atoms with Gasteiger partial charge in [0.2, 0.25) is 0 Å². The second-order valence-corrected chi connectivity index (χ2v) is 5.82. The fourth-order valence-electron chi connectivity index (χ4n) is 1.83. The standard InChI is InChI=1S/C15H16ClNO3S/c1-10(8-19-2)20-14(18)7-11-9-21-15(17-11)12-5-3-4-6-13(12)16/h3-6,9-10H,7-8H2,1-2H3/t10-/m0/s1. The number of nitrogens with zero attached hydrogens (tertiary/aromatic N) is 1. The summed E-state index contributed by atoms with van der Waals surface area (Å²) < 4.78 is 10.1. The number of hydrogen-bond acceptors (Lipinski definition) is 5. The molecule has 0 amide bonds. The van der Waals surface area contributed by atoms with Gasteiger partial charge in [-0.1, -0.05) is 29.8 Å². The Labute approximate surface area is 132 Å². The van der Waals surface area contributed by atoms with E-state index in [1.165, 1.54) is 11.3 Å². The zero-order valence-corrected chi connectivity index (χ0v) is 13.4. The van der Waals surface area contributed by atoms with Gasteiger partial charge in [-0.15, -0.1) is 11.3 Å². The van der Waals surface area contributed by atoms with E-state index < -0.39 is 0 Å². The van der Waals surface area contributed by atoms with Crippen LogP contribution in [0.2, 0.25) is 5.02 Å². The van der Waals surface area contributed by atoms with E-state index in [0.717, 1.165) is 10.6 Å². The molecular formula is C15H16ClNO3S. The highest BCUT2D eigenvalue weighted by Crippen LogP contribution is 2.30. The van der Waals surface area contributed by atoms with E-state index in [1.807, 2.05) is 29.6 Å². The van der Waals surface area contributed by atoms with Gasteiger partial charge in [-0.25, -0.2) is 4.98 Å². The highest BCUT2D eigenvalue weighted by atomic mass is 35.5. The molecule has 112 valence electrons. The number of esters is 1. The molecule has 1 aromatic heterocycles. The van der Waals surface area contributed by atoms with Crippen molar-refractivity contribution in [2.75, 3.05) is 13.7 Å². The van der Waals surface area contributed by atoms with Crippen molar-refractivity contribution in [1.82, 2.24) is 4.98 Å². The maximum atomic E-state index is 11.8. The third-order valence-corrected chi connectivity index (χ3v) is 3.97. The summed E-state index contributed by atoms with van der Waals surface area (Å²) in [6, 6.07) is 7.50. The second-order valence-electron chi connectivity index (χ2n) is 4.56. The van der Waals surface area contributed by atoms with Crippen LogP contribution in [0.5, 0.6) is 0 Å². The SMILES string of the molecule is COC[C@H](C)OC(=O)Cc1csc(-c2ccccc2Cl)n1. The molecule has 0 saturated carbocycles. The molecule has 0 radical (unpaired) electrons. The molecule has 0 bridgehead atoms. The number of thiazole rings is 1. The lowest BCUT2D eigenvalue weighted by atomic mass is 10.2. The van der Waals surface area contributed by atoms with Crippen LogP contribution in [-0.2, 0) is 20.7 Å². The van der Waals surface area contributed by atoms with Crippen LogP contribution in [0.1, 0.15) is 12.6 Å². The third kappa shape index (κ3) is 4.52. The van der Waals surface area contributed by atoms with Gasteiger partial charge in [0.1, 0.15) is 11.1 Å². The first-order valence-electron chi connectivity index (χ1n) is 6.48. The predicted molar refractivity (Wildman–Crippen MR) is 83.7 cm³/mol. The number of halogens is 1. The van der Waals surface area contributed by atoms with E-state index in [0.29, 0.717) is 17.3 Å². The van der Waals surface area contributed by atoms with Crippen molar-refractivity contribution in [3.05, 3.63) is 40.4 Å². The number of carbonyl (C=O) groups is 1. The van der Waals surface area contributed by atoms with Crippen molar-refractivity contribution in [3.63, 3.8) is 0 Å². The zero-order valence-electron chi connectivity index (χ0n) is 11.8. The van der Waals surface area contributed by atoms with Crippen molar-refractivity contribution in [2.24, 2.45) is 0 Å². The van der Waals surface area contributed by atoms with Gasteiger partial charge in [-0.2, -0.15) is 0 Å². The summed E-state index contributed by atoms with van der Waals surface area (Å²) in [4.78, 5) is 16.2. The number of rotatable bonds is 6. The quantitative estimate of drug-likeness (QED) is 0.762. The lowest BCUT2D eigenvalue weighted by Gasteiger charge is -2.11. The molecule has 6 heteroatoms. The van der Waals surface area contributed by atoms with E-state index in [1.54, 1.807) is 14.0 Å². The van der Waals surface area contributed by atoms with Gasteiger partial charge in [-0.3, -0.25) is 4.79 Å². The summed E-state index contributed by atoms with van der Waals surface area (Å²) in [5, 5.41) is 3.30. The molecule has 21 heavy (non-hydrogen) atoms. The largest absolute Gasteiger partial charge is 0.460 e. The minimum atomic E-state index is -0.310. The first-order valence-corrected chi connectivity index (χ1v) is 7.73. The van der Waals surface area contributed by atoms with Crippen LogP contribution in [-0.4, -0.2) is 30.8 Å². The number of carbonyl (C=O) groups excluding carboxylic acids is 1. The molecule has 0 fully saturated rings. The molecule has 1 heterocycles. The van der Waals surface area contributed by atoms with Crippen LogP contribution < -0.4 is 0 Å². The lowest BCUT2D eigenvalue weighted by molar-refractivity contribution is -0.149. The van der Waals surface area contributed by atoms with Crippen LogP contribution in [0.25, 0.3) is 10.6 Å². The highest BCUT2D eigenvalue weighted by molar-refractivity contribution is 7.13. The number of methoxy groups -OCH3 is 1. The van der Waals surface area contributed by atoms with Crippen LogP contribution in [0.3, 0.4) is 0 Å². The van der Waals surface area contributed by atoms with E-state index in [2.05, 4.69) is 4.98 Å². The Morgan fingerprint density at radius 2 is 2.19 bits per heavy atom. The number of benzene rings is 1. The number of aromatic nitrogens is 1. The first-order chi connectivity index (χ1) is 10.1. The van der Waals surface area contributed by atoms with Gasteiger partial charge in [0, 0.05) is 18.1 Å². The molecule has 4 nitrogen and oxygen atoms in total. The second kappa shape index (κ2) is 7.54. The lowest BCUT2D eigenvalue weighted by Crippen LogP contribution is -2.20. The Hall–Kier alpha value is -1.43. The molecule has 0 aliphatic rings. The minimum absolute atomic E-state index is 0.148. The molecule has 0 spiro atoms. The molecule has 2 aromatic rings. The molecule has 0 unspecified atom stereocenters. The molecule has 0 aliphatic heterocycles. The molecule has 1 atom stereocenters. The average molecular weight is 326 g/mol. The summed E-state index contributed by atoms with van der Waals surface area (Å²) in [5.74, 6) is -0.310. The van der Waals surface area contributed by atoms with Gasteiger partial charge in [-0.05, 0) is 13.0 Å². The number of hydrogen-bond donors (Lipinski definition) is 0. The summed E-state index contributed by atoms with van der Waals surface area (Å²) in [7, 11) is 1.57. The smallest absolute Gasteiger partial charge is 0.312 e. The van der Waals surface area contributed by atoms with Gasteiger partial charge >= 0.3 is 5.97 Å². The Balaban J connectivity index is 2.01. The zero-order chi connectivity index (χ0) is 15.2. The fourth-order valence-corrected chi connectivity index (χ4v) is 2.97. The van der Waals surface area contributed by atoms with E-state index in [-0.39, 0.29) is 18.5 Å². The van der Waals surface area contributed by atoms with Crippen LogP contribution in [0.15, 0.2) is 29.6 Å². The van der Waals surface area contributed by atoms with E-state index in [9.17, 15) is 4.79 Å². The third-order valence-electron chi connectivity index (χ3n) is 2.72. The maximum absolute atomic E-state index is 11.8. The minimum Gasteiger partial charge on any atom is -0.460 e. The van der Waals surface area contributed by atoms with Gasteiger partial charge in [0.15, 0.2) is 0 Å². The van der Waals surface area contributed by atoms with Crippen LogP contribution >= 0.6 is 22.9 Å². The molecular weight excluding hydrogens is 310 g/mol. The molecule has 2 rings (SSSR count). The summed E-state index contributed by atoms with van der Waals surface area (Å²) in [6.45, 7) is 2.17. The van der Waals surface area contributed by atoms with Crippen molar-refractivity contribution >= 4 is 28.9 Å². The van der Waals surface area contributed by atoms with Crippen molar-refractivity contribution < 1.29 is 14.3 Å². The Bertz CT molecular complexity index is 614. The highest BCUT2D eigenvalue weighted by Gasteiger charge is 2.14. The predicted octanol–water partition coefficient (Wildman–Crippen LogP) is 3.58. The topological polar surface area (TPSA) is 48.4 Å². The molecule has 0 saturated heterocycles. The van der Waals surface area contributed by atoms with E-state index >= 15 is 0 Å². The van der Waals surface area contributed by atoms with Gasteiger partial charge < -0.3 is 9.47 Å². The first kappa shape index (κ1) is 15.9. The van der Waals surface area contributed by atoms with Crippen LogP contribution in [0, 0.1) is 0 Å². The van der Waals surface area contributed by atoms with Gasteiger partial charge in [0.25, 0.3) is 0 Å². The Morgan fingerprint density at radius 1 is 1.43 bits per heavy atom. The molecule has 1 aromatic carbocycles. The Kier molecular flexibility index (Phi) is 5.73. The number of ether oxygens (including phenoxy) is 2.